The number of aliphatic imine (C=N–C) groups is 1. The van der Waals surface area contributed by atoms with Crippen molar-refractivity contribution in [3.8, 4) is 5.75 Å². The van der Waals surface area contributed by atoms with Crippen molar-refractivity contribution in [2.75, 3.05) is 44.5 Å². The van der Waals surface area contributed by atoms with Gasteiger partial charge in [-0.05, 0) is 39.8 Å². The van der Waals surface area contributed by atoms with Crippen molar-refractivity contribution in [2.45, 2.75) is 38.9 Å². The molecule has 156 valence electrons. The fourth-order valence-electron chi connectivity index (χ4n) is 2.05. The van der Waals surface area contributed by atoms with Gasteiger partial charge in [0.1, 0.15) is 5.75 Å². The molecule has 1 aromatic carbocycles. The third-order valence-electron chi connectivity index (χ3n) is 3.43. The summed E-state index contributed by atoms with van der Waals surface area (Å²) in [5.74, 6) is 2.02. The molecular formula is C19H34IN3O3S. The van der Waals surface area contributed by atoms with E-state index in [0.717, 1.165) is 24.4 Å². The highest BCUT2D eigenvalue weighted by Crippen LogP contribution is 2.17. The number of nitrogens with zero attached hydrogens (tertiary/aromatic N) is 1. The Labute approximate surface area is 183 Å². The summed E-state index contributed by atoms with van der Waals surface area (Å²) < 4.78 is 22.7. The molecule has 0 spiro atoms. The summed E-state index contributed by atoms with van der Waals surface area (Å²) in [5.41, 5.74) is 0.894. The average Bonchev–Trinajstić information content (AvgIpc) is 2.58. The summed E-state index contributed by atoms with van der Waals surface area (Å²) in [6, 6.07) is 7.76. The lowest BCUT2D eigenvalue weighted by Gasteiger charge is -2.17. The highest BCUT2D eigenvalue weighted by Gasteiger charge is 2.18. The van der Waals surface area contributed by atoms with E-state index in [0.29, 0.717) is 31.5 Å². The van der Waals surface area contributed by atoms with Gasteiger partial charge in [0.05, 0.1) is 13.2 Å². The monoisotopic (exact) mass is 511 g/mol. The third kappa shape index (κ3) is 11.5. The van der Waals surface area contributed by atoms with Gasteiger partial charge in [0.2, 0.25) is 0 Å². The predicted molar refractivity (Wildman–Crippen MR) is 126 cm³/mol. The number of halogens is 1. The molecule has 2 N–H and O–H groups in total. The molecular weight excluding hydrogens is 477 g/mol. The van der Waals surface area contributed by atoms with Crippen LogP contribution in [-0.2, 0) is 15.5 Å². The second kappa shape index (κ2) is 14.2. The van der Waals surface area contributed by atoms with Gasteiger partial charge in [-0.15, -0.1) is 24.0 Å². The molecule has 0 aliphatic carbocycles. The number of benzene rings is 1. The van der Waals surface area contributed by atoms with E-state index < -0.39 is 10.8 Å². The molecule has 1 unspecified atom stereocenters. The number of nitrogens with one attached hydrogen (secondary N) is 2. The van der Waals surface area contributed by atoms with E-state index in [9.17, 15) is 4.21 Å². The first kappa shape index (κ1) is 26.1. The molecule has 0 bridgehead atoms. The highest BCUT2D eigenvalue weighted by molar-refractivity contribution is 14.0. The summed E-state index contributed by atoms with van der Waals surface area (Å²) in [5, 5.41) is 6.48. The van der Waals surface area contributed by atoms with Crippen molar-refractivity contribution >= 4 is 46.4 Å². The van der Waals surface area contributed by atoms with E-state index >= 15 is 0 Å². The Morgan fingerprint density at radius 3 is 2.63 bits per heavy atom. The summed E-state index contributed by atoms with van der Waals surface area (Å²) in [6.07, 6.45) is 0.850. The first-order valence-corrected chi connectivity index (χ1v) is 10.3. The van der Waals surface area contributed by atoms with E-state index in [-0.39, 0.29) is 28.7 Å². The van der Waals surface area contributed by atoms with Crippen LogP contribution in [-0.4, -0.2) is 54.1 Å². The Kier molecular flexibility index (Phi) is 13.7. The lowest BCUT2D eigenvalue weighted by molar-refractivity contribution is 0.172. The topological polar surface area (TPSA) is 72.0 Å². The average molecular weight is 511 g/mol. The standard InChI is InChI=1S/C19H33N3O3S.HI/c1-6-20-18(21-11-14-26(23)19(2,3)4)22-16-9-7-10-17(15-16)25-13-8-12-24-5;/h7,9-10,15H,6,8,11-14H2,1-5H3,(H2,20,21,22);1H. The first-order valence-electron chi connectivity index (χ1n) is 9.02. The maximum Gasteiger partial charge on any atom is 0.195 e. The maximum absolute atomic E-state index is 12.1. The van der Waals surface area contributed by atoms with Crippen LogP contribution in [0.4, 0.5) is 5.69 Å². The van der Waals surface area contributed by atoms with Crippen LogP contribution < -0.4 is 15.4 Å². The molecule has 0 fully saturated rings. The van der Waals surface area contributed by atoms with Crippen molar-refractivity contribution in [3.05, 3.63) is 24.3 Å². The van der Waals surface area contributed by atoms with Crippen LogP contribution in [0.15, 0.2) is 29.3 Å². The van der Waals surface area contributed by atoms with Crippen molar-refractivity contribution in [1.29, 1.82) is 0 Å². The molecule has 6 nitrogen and oxygen atoms in total. The molecule has 0 saturated heterocycles. The van der Waals surface area contributed by atoms with E-state index in [2.05, 4.69) is 15.6 Å². The fraction of sp³-hybridized carbons (Fsp3) is 0.632. The molecule has 1 aromatic rings. The van der Waals surface area contributed by atoms with Crippen molar-refractivity contribution in [1.82, 2.24) is 5.32 Å². The minimum atomic E-state index is -0.906. The van der Waals surface area contributed by atoms with Crippen LogP contribution in [0, 0.1) is 0 Å². The molecule has 0 heterocycles. The van der Waals surface area contributed by atoms with Gasteiger partial charge in [-0.2, -0.15) is 0 Å². The van der Waals surface area contributed by atoms with Crippen LogP contribution in [0.25, 0.3) is 0 Å². The molecule has 0 aliphatic heterocycles. The third-order valence-corrected chi connectivity index (χ3v) is 5.35. The minimum absolute atomic E-state index is 0. The number of methoxy groups -OCH3 is 1. The SMILES string of the molecule is CCNC(=NCCS(=O)C(C)(C)C)Nc1cccc(OCCCOC)c1.I. The highest BCUT2D eigenvalue weighted by atomic mass is 127. The molecule has 1 rings (SSSR count). The van der Waals surface area contributed by atoms with Gasteiger partial charge in [-0.3, -0.25) is 9.20 Å². The Bertz CT molecular complexity index is 592. The fourth-order valence-corrected chi connectivity index (χ4v) is 2.92. The van der Waals surface area contributed by atoms with Crippen LogP contribution >= 0.6 is 24.0 Å². The predicted octanol–water partition coefficient (Wildman–Crippen LogP) is 3.64. The molecule has 0 saturated carbocycles. The number of hydrogen-bond donors (Lipinski definition) is 2. The van der Waals surface area contributed by atoms with Gasteiger partial charge in [0, 0.05) is 59.7 Å². The van der Waals surface area contributed by atoms with Crippen molar-refractivity contribution in [2.24, 2.45) is 4.99 Å². The Morgan fingerprint density at radius 1 is 1.26 bits per heavy atom. The number of hydrogen-bond acceptors (Lipinski definition) is 4. The molecule has 0 amide bonds. The molecule has 0 aliphatic rings. The van der Waals surface area contributed by atoms with Crippen LogP contribution in [0.1, 0.15) is 34.1 Å². The maximum atomic E-state index is 12.1. The second-order valence-electron chi connectivity index (χ2n) is 6.77. The Morgan fingerprint density at radius 2 is 2.00 bits per heavy atom. The van der Waals surface area contributed by atoms with Crippen molar-refractivity contribution in [3.63, 3.8) is 0 Å². The molecule has 8 heteroatoms. The van der Waals surface area contributed by atoms with Gasteiger partial charge in [0.15, 0.2) is 5.96 Å². The summed E-state index contributed by atoms with van der Waals surface area (Å²) in [7, 11) is 0.777. The smallest absolute Gasteiger partial charge is 0.195 e. The van der Waals surface area contributed by atoms with Crippen molar-refractivity contribution < 1.29 is 13.7 Å². The molecule has 0 radical (unpaired) electrons. The zero-order valence-electron chi connectivity index (χ0n) is 17.0. The molecule has 27 heavy (non-hydrogen) atoms. The van der Waals surface area contributed by atoms with Gasteiger partial charge in [-0.25, -0.2) is 0 Å². The largest absolute Gasteiger partial charge is 0.493 e. The zero-order valence-corrected chi connectivity index (χ0v) is 20.2. The minimum Gasteiger partial charge on any atom is -0.493 e. The normalized spacial score (nSPS) is 12.9. The Balaban J connectivity index is 0.00000676. The van der Waals surface area contributed by atoms with Gasteiger partial charge >= 0.3 is 0 Å². The number of anilines is 1. The summed E-state index contributed by atoms with van der Waals surface area (Å²) in [6.45, 7) is 10.5. The van der Waals surface area contributed by atoms with E-state index in [4.69, 9.17) is 9.47 Å². The summed E-state index contributed by atoms with van der Waals surface area (Å²) >= 11 is 0. The molecule has 0 aromatic heterocycles. The summed E-state index contributed by atoms with van der Waals surface area (Å²) in [4.78, 5) is 4.52. The first-order chi connectivity index (χ1) is 12.4. The lowest BCUT2D eigenvalue weighted by Crippen LogP contribution is -2.31. The Hall–Kier alpha value is -0.870. The zero-order chi connectivity index (χ0) is 19.4. The number of guanidine groups is 1. The second-order valence-corrected chi connectivity index (χ2v) is 9.09. The van der Waals surface area contributed by atoms with Crippen LogP contribution in [0.3, 0.4) is 0 Å². The quantitative estimate of drug-likeness (QED) is 0.217. The van der Waals surface area contributed by atoms with E-state index in [1.165, 1.54) is 0 Å². The van der Waals surface area contributed by atoms with Crippen LogP contribution in [0.5, 0.6) is 5.75 Å². The van der Waals surface area contributed by atoms with Crippen LogP contribution in [0.2, 0.25) is 0 Å². The number of rotatable bonds is 10. The van der Waals surface area contributed by atoms with Gasteiger partial charge in [0.25, 0.3) is 0 Å². The lowest BCUT2D eigenvalue weighted by atomic mass is 10.3. The van der Waals surface area contributed by atoms with Gasteiger partial charge < -0.3 is 20.1 Å². The van der Waals surface area contributed by atoms with E-state index in [1.54, 1.807) is 7.11 Å². The van der Waals surface area contributed by atoms with E-state index in [1.807, 2.05) is 52.0 Å². The van der Waals surface area contributed by atoms with Gasteiger partial charge in [-0.1, -0.05) is 6.07 Å². The number of ether oxygens (including phenoxy) is 2. The molecule has 1 atom stereocenters.